The number of aliphatic hydroxyl groups is 1. The van der Waals surface area contributed by atoms with Crippen molar-refractivity contribution < 1.29 is 24.7 Å². The van der Waals surface area contributed by atoms with Crippen LogP contribution in [0.2, 0.25) is 0 Å². The Morgan fingerprint density at radius 3 is 2.09 bits per heavy atom. The summed E-state index contributed by atoms with van der Waals surface area (Å²) in [5.74, 6) is -3.29. The molecule has 32 heavy (non-hydrogen) atoms. The van der Waals surface area contributed by atoms with Gasteiger partial charge in [0.05, 0.1) is 11.8 Å². The molecule has 0 radical (unpaired) electrons. The zero-order valence-corrected chi connectivity index (χ0v) is 19.6. The maximum absolute atomic E-state index is 13.2. The summed E-state index contributed by atoms with van der Waals surface area (Å²) in [6.45, 7) is 9.19. The van der Waals surface area contributed by atoms with Gasteiger partial charge in [-0.3, -0.25) is 30.0 Å². The summed E-state index contributed by atoms with van der Waals surface area (Å²) >= 11 is 0. The number of rotatable bonds is 11. The van der Waals surface area contributed by atoms with Gasteiger partial charge in [0.15, 0.2) is 0 Å². The van der Waals surface area contributed by atoms with E-state index in [0.717, 1.165) is 10.6 Å². The number of benzene rings is 1. The molecule has 0 aromatic heterocycles. The third-order valence-electron chi connectivity index (χ3n) is 4.91. The number of allylic oxidation sites excluding steroid dienone is 1. The van der Waals surface area contributed by atoms with E-state index in [2.05, 4.69) is 5.43 Å². The number of hydrogen-bond acceptors (Lipinski definition) is 5. The molecule has 0 bridgehead atoms. The quantitative estimate of drug-likeness (QED) is 0.307. The van der Waals surface area contributed by atoms with Crippen molar-refractivity contribution in [3.8, 4) is 0 Å². The van der Waals surface area contributed by atoms with E-state index in [4.69, 9.17) is 0 Å². The molecule has 0 heterocycles. The average Bonchev–Trinajstić information content (AvgIpc) is 2.74. The van der Waals surface area contributed by atoms with Crippen LogP contribution in [-0.4, -0.2) is 45.7 Å². The minimum absolute atomic E-state index is 0.0480. The predicted octanol–water partition coefficient (Wildman–Crippen LogP) is 2.77. The normalized spacial score (nSPS) is 14.3. The lowest BCUT2D eigenvalue weighted by Gasteiger charge is -2.31. The smallest absolute Gasteiger partial charge is 0.269 e. The van der Waals surface area contributed by atoms with E-state index in [1.807, 2.05) is 64.1 Å². The second-order valence-electron chi connectivity index (χ2n) is 8.86. The molecule has 8 heteroatoms. The lowest BCUT2D eigenvalue weighted by atomic mass is 9.82. The van der Waals surface area contributed by atoms with Gasteiger partial charge in [0.1, 0.15) is 6.10 Å². The zero-order valence-electron chi connectivity index (χ0n) is 19.6. The molecule has 0 saturated heterocycles. The van der Waals surface area contributed by atoms with Crippen molar-refractivity contribution in [2.75, 3.05) is 6.54 Å². The first-order chi connectivity index (χ1) is 15.1. The van der Waals surface area contributed by atoms with Gasteiger partial charge in [0.25, 0.3) is 5.91 Å². The lowest BCUT2D eigenvalue weighted by molar-refractivity contribution is -0.151. The molecule has 8 nitrogen and oxygen atoms in total. The van der Waals surface area contributed by atoms with Gasteiger partial charge in [0, 0.05) is 6.54 Å². The molecule has 0 aliphatic heterocycles. The monoisotopic (exact) mass is 447 g/mol. The molecule has 1 unspecified atom stereocenters. The number of hydrogen-bond donors (Lipinski definition) is 4. The summed E-state index contributed by atoms with van der Waals surface area (Å²) in [7, 11) is 0. The molecule has 0 aliphatic rings. The minimum atomic E-state index is -1.28. The van der Waals surface area contributed by atoms with Gasteiger partial charge >= 0.3 is 0 Å². The van der Waals surface area contributed by atoms with E-state index in [-0.39, 0.29) is 24.8 Å². The summed E-state index contributed by atoms with van der Waals surface area (Å²) in [6, 6.07) is 9.53. The maximum Gasteiger partial charge on any atom is 0.269 e. The van der Waals surface area contributed by atoms with Crippen molar-refractivity contribution in [2.45, 2.75) is 53.6 Å². The lowest BCUT2D eigenvalue weighted by Crippen LogP contribution is -2.54. The van der Waals surface area contributed by atoms with Crippen LogP contribution in [0.4, 0.5) is 0 Å². The summed E-state index contributed by atoms with van der Waals surface area (Å²) in [6.07, 6.45) is 2.97. The molecule has 0 aliphatic carbocycles. The topological polar surface area (TPSA) is 119 Å². The molecule has 0 fully saturated rings. The fourth-order valence-corrected chi connectivity index (χ4v) is 3.41. The van der Waals surface area contributed by atoms with Gasteiger partial charge in [-0.2, -0.15) is 0 Å². The van der Waals surface area contributed by atoms with Crippen LogP contribution in [0.15, 0.2) is 36.4 Å². The predicted molar refractivity (Wildman–Crippen MR) is 123 cm³/mol. The van der Waals surface area contributed by atoms with Gasteiger partial charge < -0.3 is 5.11 Å². The highest BCUT2D eigenvalue weighted by molar-refractivity contribution is 5.89. The van der Waals surface area contributed by atoms with Crippen molar-refractivity contribution in [1.82, 2.24) is 15.9 Å². The Hall–Kier alpha value is -2.71. The van der Waals surface area contributed by atoms with Crippen molar-refractivity contribution in [2.24, 2.45) is 23.7 Å². The van der Waals surface area contributed by atoms with Crippen molar-refractivity contribution in [3.63, 3.8) is 0 Å². The van der Waals surface area contributed by atoms with Crippen LogP contribution < -0.4 is 10.9 Å². The van der Waals surface area contributed by atoms with Crippen LogP contribution in [0.1, 0.15) is 53.0 Å². The van der Waals surface area contributed by atoms with Crippen LogP contribution in [0.25, 0.3) is 6.08 Å². The van der Waals surface area contributed by atoms with Crippen molar-refractivity contribution in [3.05, 3.63) is 42.0 Å². The van der Waals surface area contributed by atoms with Crippen LogP contribution in [0.3, 0.4) is 0 Å². The molecule has 1 aromatic carbocycles. The minimum Gasteiger partial charge on any atom is -0.383 e. The van der Waals surface area contributed by atoms with E-state index in [9.17, 15) is 24.7 Å². The third-order valence-corrected chi connectivity index (χ3v) is 4.91. The van der Waals surface area contributed by atoms with E-state index in [1.165, 1.54) is 6.92 Å². The molecular weight excluding hydrogens is 410 g/mol. The Morgan fingerprint density at radius 1 is 0.969 bits per heavy atom. The standard InChI is InChI=1S/C24H37N3O5/c1-16(2)14-21(22(29)25-27(15-17(3)4)24(31)18(5)28)20(23(30)26-32)13-9-12-19-10-7-6-8-11-19/h6-12,16-18,20-21,28,32H,13-15H2,1-5H3,(H,25,29)(H,26,30)/b12-9+/t18?,20-,21+/m0/s1. The Labute approximate surface area is 190 Å². The number of hydroxylamine groups is 1. The Morgan fingerprint density at radius 2 is 1.59 bits per heavy atom. The van der Waals surface area contributed by atoms with Gasteiger partial charge in [-0.25, -0.2) is 5.48 Å². The summed E-state index contributed by atoms with van der Waals surface area (Å²) in [4.78, 5) is 38.1. The summed E-state index contributed by atoms with van der Waals surface area (Å²) in [5.41, 5.74) is 5.23. The first-order valence-corrected chi connectivity index (χ1v) is 11.0. The number of carbonyl (C=O) groups excluding carboxylic acids is 3. The highest BCUT2D eigenvalue weighted by Crippen LogP contribution is 2.25. The SMILES string of the molecule is CC(C)C[C@@H](C(=O)NN(CC(C)C)C(=O)C(C)O)[C@H](C/C=C/c1ccccc1)C(=O)NO. The largest absolute Gasteiger partial charge is 0.383 e. The number of hydrazine groups is 1. The number of nitrogens with zero attached hydrogens (tertiary/aromatic N) is 1. The van der Waals surface area contributed by atoms with E-state index in [1.54, 1.807) is 11.6 Å². The van der Waals surface area contributed by atoms with E-state index >= 15 is 0 Å². The molecular formula is C24H37N3O5. The highest BCUT2D eigenvalue weighted by atomic mass is 16.5. The Kier molecular flexibility index (Phi) is 11.7. The molecule has 3 atom stereocenters. The zero-order chi connectivity index (χ0) is 24.3. The molecule has 3 amide bonds. The Bertz CT molecular complexity index is 762. The Balaban J connectivity index is 3.13. The molecule has 1 rings (SSSR count). The first kappa shape index (κ1) is 27.3. The maximum atomic E-state index is 13.2. The van der Waals surface area contributed by atoms with Crippen molar-refractivity contribution in [1.29, 1.82) is 0 Å². The van der Waals surface area contributed by atoms with Crippen LogP contribution >= 0.6 is 0 Å². The third kappa shape index (κ3) is 9.20. The van der Waals surface area contributed by atoms with Crippen molar-refractivity contribution >= 4 is 23.8 Å². The second kappa shape index (κ2) is 13.6. The number of carbonyl (C=O) groups is 3. The van der Waals surface area contributed by atoms with Gasteiger partial charge in [-0.1, -0.05) is 70.2 Å². The van der Waals surface area contributed by atoms with Gasteiger partial charge in [-0.15, -0.1) is 0 Å². The average molecular weight is 448 g/mol. The summed E-state index contributed by atoms with van der Waals surface area (Å²) in [5, 5.41) is 20.1. The number of nitrogens with one attached hydrogen (secondary N) is 2. The molecule has 0 spiro atoms. The van der Waals surface area contributed by atoms with Crippen LogP contribution in [0, 0.1) is 23.7 Å². The molecule has 0 saturated carbocycles. The van der Waals surface area contributed by atoms with Gasteiger partial charge in [-0.05, 0) is 37.2 Å². The van der Waals surface area contributed by atoms with Crippen LogP contribution in [0.5, 0.6) is 0 Å². The fraction of sp³-hybridized carbons (Fsp3) is 0.542. The summed E-state index contributed by atoms with van der Waals surface area (Å²) < 4.78 is 0. The first-order valence-electron chi connectivity index (χ1n) is 11.0. The van der Waals surface area contributed by atoms with E-state index < -0.39 is 35.7 Å². The van der Waals surface area contributed by atoms with Gasteiger partial charge in [0.2, 0.25) is 11.8 Å². The number of aliphatic hydroxyl groups excluding tert-OH is 1. The molecule has 1 aromatic rings. The second-order valence-corrected chi connectivity index (χ2v) is 8.86. The number of amides is 3. The fourth-order valence-electron chi connectivity index (χ4n) is 3.41. The molecule has 178 valence electrons. The highest BCUT2D eigenvalue weighted by Gasteiger charge is 2.35. The molecule has 4 N–H and O–H groups in total. The van der Waals surface area contributed by atoms with E-state index in [0.29, 0.717) is 6.42 Å². The van der Waals surface area contributed by atoms with Crippen LogP contribution in [-0.2, 0) is 14.4 Å².